The molecular formula is C25H29N3O2. The summed E-state index contributed by atoms with van der Waals surface area (Å²) in [5, 5.41) is 3.94. The van der Waals surface area contributed by atoms with E-state index in [1.54, 1.807) is 18.5 Å². The molecule has 0 unspecified atom stereocenters. The van der Waals surface area contributed by atoms with E-state index >= 15 is 0 Å². The molecule has 156 valence electrons. The van der Waals surface area contributed by atoms with Gasteiger partial charge in [-0.15, -0.1) is 0 Å². The highest BCUT2D eigenvalue weighted by Crippen LogP contribution is 2.31. The van der Waals surface area contributed by atoms with Crippen LogP contribution in [-0.4, -0.2) is 15.2 Å². The van der Waals surface area contributed by atoms with E-state index in [-0.39, 0.29) is 5.43 Å². The summed E-state index contributed by atoms with van der Waals surface area (Å²) in [4.78, 5) is 17.3. The first-order chi connectivity index (χ1) is 14.3. The van der Waals surface area contributed by atoms with Crippen molar-refractivity contribution >= 4 is 16.7 Å². The van der Waals surface area contributed by atoms with Gasteiger partial charge >= 0.3 is 0 Å². The molecule has 3 rings (SSSR count). The van der Waals surface area contributed by atoms with Crippen molar-refractivity contribution in [1.82, 2.24) is 9.55 Å². The summed E-state index contributed by atoms with van der Waals surface area (Å²) in [7, 11) is 0. The molecule has 5 heteroatoms. The van der Waals surface area contributed by atoms with Crippen molar-refractivity contribution in [2.24, 2.45) is 0 Å². The summed E-state index contributed by atoms with van der Waals surface area (Å²) < 4.78 is 8.23. The molecule has 3 aromatic rings. The predicted octanol–water partition coefficient (Wildman–Crippen LogP) is 5.84. The summed E-state index contributed by atoms with van der Waals surface area (Å²) in [5.41, 5.74) is 2.00. The van der Waals surface area contributed by atoms with E-state index in [0.717, 1.165) is 17.8 Å². The van der Waals surface area contributed by atoms with E-state index in [4.69, 9.17) is 4.74 Å². The predicted molar refractivity (Wildman–Crippen MR) is 125 cm³/mol. The number of nitrogens with one attached hydrogen (secondary N) is 1. The minimum absolute atomic E-state index is 0.108. The highest BCUT2D eigenvalue weighted by molar-refractivity contribution is 5.88. The molecule has 2 heterocycles. The maximum atomic E-state index is 13.0. The van der Waals surface area contributed by atoms with Crippen LogP contribution in [0, 0.1) is 0 Å². The number of hydrogen-bond acceptors (Lipinski definition) is 4. The number of nitrogens with zero attached hydrogens (tertiary/aromatic N) is 2. The molecular weight excluding hydrogens is 374 g/mol. The maximum Gasteiger partial charge on any atom is 0.193 e. The number of benzene rings is 1. The molecule has 0 aliphatic rings. The Hall–Kier alpha value is -3.34. The third-order valence-electron chi connectivity index (χ3n) is 4.35. The Morgan fingerprint density at radius 1 is 1.20 bits per heavy atom. The van der Waals surface area contributed by atoms with Crippen LogP contribution in [0.2, 0.25) is 0 Å². The van der Waals surface area contributed by atoms with Crippen LogP contribution < -0.4 is 15.5 Å². The fourth-order valence-electron chi connectivity index (χ4n) is 3.28. The standard InChI is InChI=1S/C25H29N3O2/c1-6-11-18(12-7-2)27-23-15-21(29)20-16-26-17-22(30-25(3,4)5)24(20)28(23)19-13-9-8-10-14-19/h6,8-17,27H,7H2,1-5H3/b11-6-,18-12+. The van der Waals surface area contributed by atoms with E-state index in [1.807, 2.05) is 74.7 Å². The molecule has 1 N–H and O–H groups in total. The molecule has 0 atom stereocenters. The van der Waals surface area contributed by atoms with Gasteiger partial charge < -0.3 is 10.1 Å². The lowest BCUT2D eigenvalue weighted by Crippen LogP contribution is -2.24. The molecule has 30 heavy (non-hydrogen) atoms. The van der Waals surface area contributed by atoms with Gasteiger partial charge in [0.25, 0.3) is 0 Å². The quantitative estimate of drug-likeness (QED) is 0.525. The van der Waals surface area contributed by atoms with Gasteiger partial charge in [-0.2, -0.15) is 0 Å². The van der Waals surface area contributed by atoms with Crippen LogP contribution in [0.15, 0.2) is 77.5 Å². The number of para-hydroxylation sites is 1. The van der Waals surface area contributed by atoms with E-state index in [2.05, 4.69) is 23.3 Å². The molecule has 0 amide bonds. The molecule has 0 fully saturated rings. The van der Waals surface area contributed by atoms with Crippen LogP contribution >= 0.6 is 0 Å². The molecule has 0 radical (unpaired) electrons. The minimum Gasteiger partial charge on any atom is -0.484 e. The van der Waals surface area contributed by atoms with Gasteiger partial charge in [0.05, 0.1) is 11.6 Å². The first kappa shape index (κ1) is 21.4. The van der Waals surface area contributed by atoms with E-state index in [1.165, 1.54) is 0 Å². The monoisotopic (exact) mass is 403 g/mol. The fraction of sp³-hybridized carbons (Fsp3) is 0.280. The number of hydrogen-bond donors (Lipinski definition) is 1. The van der Waals surface area contributed by atoms with Gasteiger partial charge in [-0.05, 0) is 52.3 Å². The Morgan fingerprint density at radius 3 is 2.57 bits per heavy atom. The lowest BCUT2D eigenvalue weighted by Gasteiger charge is -2.25. The first-order valence-electron chi connectivity index (χ1n) is 10.2. The zero-order valence-corrected chi connectivity index (χ0v) is 18.3. The second-order valence-electron chi connectivity index (χ2n) is 8.01. The second kappa shape index (κ2) is 8.99. The normalized spacial score (nSPS) is 12.5. The van der Waals surface area contributed by atoms with Crippen molar-refractivity contribution in [2.75, 3.05) is 5.32 Å². The molecule has 0 aliphatic heterocycles. The molecule has 0 saturated heterocycles. The molecule has 0 saturated carbocycles. The summed E-state index contributed by atoms with van der Waals surface area (Å²) in [6, 6.07) is 11.6. The van der Waals surface area contributed by atoms with Crippen molar-refractivity contribution in [3.63, 3.8) is 0 Å². The van der Waals surface area contributed by atoms with Crippen LogP contribution in [0.5, 0.6) is 5.75 Å². The Morgan fingerprint density at radius 2 is 1.93 bits per heavy atom. The van der Waals surface area contributed by atoms with E-state index in [9.17, 15) is 4.79 Å². The maximum absolute atomic E-state index is 13.0. The first-order valence-corrected chi connectivity index (χ1v) is 10.2. The number of rotatable bonds is 6. The molecule has 5 nitrogen and oxygen atoms in total. The average molecular weight is 404 g/mol. The lowest BCUT2D eigenvalue weighted by molar-refractivity contribution is 0.132. The van der Waals surface area contributed by atoms with E-state index < -0.39 is 5.60 Å². The van der Waals surface area contributed by atoms with Crippen LogP contribution in [0.1, 0.15) is 41.0 Å². The zero-order chi connectivity index (χ0) is 21.7. The van der Waals surface area contributed by atoms with Gasteiger partial charge in [0, 0.05) is 23.6 Å². The Bertz CT molecular complexity index is 1140. The van der Waals surface area contributed by atoms with Gasteiger partial charge in [0.2, 0.25) is 0 Å². The summed E-state index contributed by atoms with van der Waals surface area (Å²) in [5.74, 6) is 1.23. The molecule has 1 aromatic carbocycles. The van der Waals surface area contributed by atoms with Crippen LogP contribution in [0.25, 0.3) is 16.6 Å². The number of pyridine rings is 2. The van der Waals surface area contributed by atoms with Crippen LogP contribution in [0.4, 0.5) is 5.82 Å². The molecule has 0 bridgehead atoms. The number of fused-ring (bicyclic) bond motifs is 1. The SMILES string of the molecule is C/C=C\C(=C/CC)Nc1cc(=O)c2cncc(OC(C)(C)C)c2n1-c1ccccc1. The number of allylic oxidation sites excluding steroid dienone is 3. The van der Waals surface area contributed by atoms with Crippen molar-refractivity contribution in [1.29, 1.82) is 0 Å². The largest absolute Gasteiger partial charge is 0.484 e. The second-order valence-corrected chi connectivity index (χ2v) is 8.01. The summed E-state index contributed by atoms with van der Waals surface area (Å²) >= 11 is 0. The van der Waals surface area contributed by atoms with Gasteiger partial charge in [0.15, 0.2) is 11.2 Å². The number of aromatic nitrogens is 2. The Balaban J connectivity index is 2.37. The minimum atomic E-state index is -0.435. The molecule has 0 spiro atoms. The Labute approximate surface area is 177 Å². The van der Waals surface area contributed by atoms with Crippen molar-refractivity contribution in [3.8, 4) is 11.4 Å². The summed E-state index contributed by atoms with van der Waals surface area (Å²) in [6.45, 7) is 9.99. The number of ether oxygens (including phenoxy) is 1. The zero-order valence-electron chi connectivity index (χ0n) is 18.3. The van der Waals surface area contributed by atoms with Gasteiger partial charge in [-0.1, -0.05) is 37.3 Å². The van der Waals surface area contributed by atoms with Crippen LogP contribution in [0.3, 0.4) is 0 Å². The number of anilines is 1. The van der Waals surface area contributed by atoms with Crippen molar-refractivity contribution in [2.45, 2.75) is 46.6 Å². The highest BCUT2D eigenvalue weighted by atomic mass is 16.5. The summed E-state index contributed by atoms with van der Waals surface area (Å²) in [6.07, 6.45) is 10.2. The van der Waals surface area contributed by atoms with Gasteiger partial charge in [-0.3, -0.25) is 14.3 Å². The third-order valence-corrected chi connectivity index (χ3v) is 4.35. The Kier molecular flexibility index (Phi) is 6.40. The van der Waals surface area contributed by atoms with E-state index in [0.29, 0.717) is 22.5 Å². The van der Waals surface area contributed by atoms with Crippen molar-refractivity contribution in [3.05, 3.63) is 82.9 Å². The van der Waals surface area contributed by atoms with Crippen molar-refractivity contribution < 1.29 is 4.74 Å². The topological polar surface area (TPSA) is 56.1 Å². The highest BCUT2D eigenvalue weighted by Gasteiger charge is 2.20. The lowest BCUT2D eigenvalue weighted by atomic mass is 10.1. The third kappa shape index (κ3) is 4.79. The average Bonchev–Trinajstić information content (AvgIpc) is 2.69. The molecule has 2 aromatic heterocycles. The van der Waals surface area contributed by atoms with Gasteiger partial charge in [-0.25, -0.2) is 0 Å². The fourth-order valence-corrected chi connectivity index (χ4v) is 3.28. The van der Waals surface area contributed by atoms with Crippen LogP contribution in [-0.2, 0) is 0 Å². The molecule has 0 aliphatic carbocycles. The smallest absolute Gasteiger partial charge is 0.193 e. The van der Waals surface area contributed by atoms with Gasteiger partial charge in [0.1, 0.15) is 16.9 Å².